The summed E-state index contributed by atoms with van der Waals surface area (Å²) in [5.41, 5.74) is 1.79. The van der Waals surface area contributed by atoms with Gasteiger partial charge in [0.1, 0.15) is 6.33 Å². The largest absolute Gasteiger partial charge is 0.493 e. The van der Waals surface area contributed by atoms with E-state index in [0.717, 1.165) is 61.1 Å². The van der Waals surface area contributed by atoms with Gasteiger partial charge in [0.05, 0.1) is 25.3 Å². The van der Waals surface area contributed by atoms with Crippen molar-refractivity contribution in [3.63, 3.8) is 0 Å². The van der Waals surface area contributed by atoms with Gasteiger partial charge in [0.2, 0.25) is 5.91 Å². The fourth-order valence-corrected chi connectivity index (χ4v) is 4.24. The maximum Gasteiger partial charge on any atom is 0.236 e. The molecule has 1 aliphatic heterocycles. The van der Waals surface area contributed by atoms with Gasteiger partial charge >= 0.3 is 0 Å². The Labute approximate surface area is 165 Å². The summed E-state index contributed by atoms with van der Waals surface area (Å²) in [4.78, 5) is 24.8. The third-order valence-electron chi connectivity index (χ3n) is 6.06. The Kier molecular flexibility index (Phi) is 5.35. The van der Waals surface area contributed by atoms with Crippen molar-refractivity contribution < 1.29 is 14.3 Å². The molecule has 7 heteroatoms. The van der Waals surface area contributed by atoms with Gasteiger partial charge in [-0.1, -0.05) is 0 Å². The molecule has 0 atom stereocenters. The second-order valence-electron chi connectivity index (χ2n) is 7.81. The van der Waals surface area contributed by atoms with Gasteiger partial charge in [-0.15, -0.1) is 0 Å². The Morgan fingerprint density at radius 3 is 2.57 bits per heavy atom. The van der Waals surface area contributed by atoms with E-state index in [1.54, 1.807) is 13.4 Å². The van der Waals surface area contributed by atoms with Crippen LogP contribution in [0.4, 0.5) is 0 Å². The number of amides is 1. The number of aromatic nitrogens is 2. The standard InChI is InChI=1S/C21H28N4O3/c1-14-17-10-20(19(27-3)11-18(17)23-13-22-14)28-16-6-4-15(5-7-16)25-9-8-24(2)21(26)12-25/h10-11,13,15-16H,4-9,12H2,1-3H3. The molecule has 1 saturated heterocycles. The van der Waals surface area contributed by atoms with E-state index >= 15 is 0 Å². The molecule has 1 amide bonds. The second kappa shape index (κ2) is 7.91. The van der Waals surface area contributed by atoms with Crippen LogP contribution in [0.3, 0.4) is 0 Å². The second-order valence-corrected chi connectivity index (χ2v) is 7.81. The molecule has 0 radical (unpaired) electrons. The molecule has 150 valence electrons. The van der Waals surface area contributed by atoms with E-state index in [1.165, 1.54) is 0 Å². The summed E-state index contributed by atoms with van der Waals surface area (Å²) >= 11 is 0. The normalized spacial score (nSPS) is 23.8. The van der Waals surface area contributed by atoms with Crippen LogP contribution in [-0.4, -0.2) is 71.6 Å². The van der Waals surface area contributed by atoms with Crippen LogP contribution in [0.15, 0.2) is 18.5 Å². The highest BCUT2D eigenvalue weighted by molar-refractivity contribution is 5.84. The number of methoxy groups -OCH3 is 1. The molecular weight excluding hydrogens is 356 g/mol. The van der Waals surface area contributed by atoms with Crippen LogP contribution in [0.5, 0.6) is 11.5 Å². The number of aryl methyl sites for hydroxylation is 1. The molecule has 1 aromatic heterocycles. The fourth-order valence-electron chi connectivity index (χ4n) is 4.24. The van der Waals surface area contributed by atoms with Gasteiger partial charge in [-0.05, 0) is 38.7 Å². The van der Waals surface area contributed by atoms with E-state index in [-0.39, 0.29) is 12.0 Å². The van der Waals surface area contributed by atoms with E-state index in [9.17, 15) is 4.79 Å². The van der Waals surface area contributed by atoms with Crippen LogP contribution in [-0.2, 0) is 4.79 Å². The number of carbonyl (C=O) groups is 1. The van der Waals surface area contributed by atoms with E-state index in [4.69, 9.17) is 9.47 Å². The molecule has 1 saturated carbocycles. The van der Waals surface area contributed by atoms with Gasteiger partial charge in [0.15, 0.2) is 11.5 Å². The van der Waals surface area contributed by atoms with E-state index < -0.39 is 0 Å². The summed E-state index contributed by atoms with van der Waals surface area (Å²) in [6.45, 7) is 4.31. The van der Waals surface area contributed by atoms with Gasteiger partial charge in [0, 0.05) is 43.3 Å². The number of hydrogen-bond acceptors (Lipinski definition) is 6. The van der Waals surface area contributed by atoms with Crippen molar-refractivity contribution in [3.05, 3.63) is 24.2 Å². The Hall–Kier alpha value is -2.41. The first kappa shape index (κ1) is 18.9. The van der Waals surface area contributed by atoms with Crippen LogP contribution < -0.4 is 9.47 Å². The molecule has 7 nitrogen and oxygen atoms in total. The molecular formula is C21H28N4O3. The molecule has 0 bridgehead atoms. The van der Waals surface area contributed by atoms with Crippen LogP contribution in [0, 0.1) is 6.92 Å². The lowest BCUT2D eigenvalue weighted by Gasteiger charge is -2.40. The van der Waals surface area contributed by atoms with Crippen molar-refractivity contribution in [1.29, 1.82) is 0 Å². The summed E-state index contributed by atoms with van der Waals surface area (Å²) < 4.78 is 11.9. The number of hydrogen-bond donors (Lipinski definition) is 0. The maximum absolute atomic E-state index is 12.0. The number of carbonyl (C=O) groups excluding carboxylic acids is 1. The number of benzene rings is 1. The van der Waals surface area contributed by atoms with Gasteiger partial charge < -0.3 is 14.4 Å². The highest BCUT2D eigenvalue weighted by Gasteiger charge is 2.31. The molecule has 0 unspecified atom stereocenters. The summed E-state index contributed by atoms with van der Waals surface area (Å²) in [5.74, 6) is 1.69. The zero-order valence-corrected chi connectivity index (χ0v) is 16.9. The van der Waals surface area contributed by atoms with Crippen LogP contribution in [0.25, 0.3) is 10.9 Å². The predicted molar refractivity (Wildman–Crippen MR) is 107 cm³/mol. The quantitative estimate of drug-likeness (QED) is 0.806. The molecule has 1 aliphatic carbocycles. The predicted octanol–water partition coefficient (Wildman–Crippen LogP) is 2.41. The minimum absolute atomic E-state index is 0.163. The molecule has 2 aliphatic rings. The number of nitrogens with zero attached hydrogens (tertiary/aromatic N) is 4. The van der Waals surface area contributed by atoms with Crippen molar-refractivity contribution in [2.24, 2.45) is 0 Å². The monoisotopic (exact) mass is 384 g/mol. The lowest BCUT2D eigenvalue weighted by atomic mass is 9.91. The average molecular weight is 384 g/mol. The molecule has 1 aromatic carbocycles. The van der Waals surface area contributed by atoms with Crippen molar-refractivity contribution >= 4 is 16.8 Å². The molecule has 2 fully saturated rings. The average Bonchev–Trinajstić information content (AvgIpc) is 2.71. The first-order chi connectivity index (χ1) is 13.5. The Balaban J connectivity index is 1.42. The van der Waals surface area contributed by atoms with Crippen molar-refractivity contribution in [2.75, 3.05) is 33.8 Å². The molecule has 2 aromatic rings. The van der Waals surface area contributed by atoms with E-state index in [1.807, 2.05) is 31.0 Å². The first-order valence-electron chi connectivity index (χ1n) is 9.99. The number of ether oxygens (including phenoxy) is 2. The van der Waals surface area contributed by atoms with Crippen molar-refractivity contribution in [2.45, 2.75) is 44.8 Å². The maximum atomic E-state index is 12.0. The minimum Gasteiger partial charge on any atom is -0.493 e. The smallest absolute Gasteiger partial charge is 0.236 e. The summed E-state index contributed by atoms with van der Waals surface area (Å²) in [7, 11) is 3.54. The topological polar surface area (TPSA) is 67.8 Å². The van der Waals surface area contributed by atoms with Crippen LogP contribution in [0.1, 0.15) is 31.4 Å². The highest BCUT2D eigenvalue weighted by atomic mass is 16.5. The number of piperazine rings is 1. The van der Waals surface area contributed by atoms with Gasteiger partial charge in [-0.3, -0.25) is 9.69 Å². The lowest BCUT2D eigenvalue weighted by Crippen LogP contribution is -2.53. The number of likely N-dealkylation sites (N-methyl/N-ethyl adjacent to an activating group) is 1. The van der Waals surface area contributed by atoms with Crippen molar-refractivity contribution in [1.82, 2.24) is 19.8 Å². The summed E-state index contributed by atoms with van der Waals surface area (Å²) in [5, 5.41) is 0.989. The zero-order chi connectivity index (χ0) is 19.7. The molecule has 0 spiro atoms. The van der Waals surface area contributed by atoms with Gasteiger partial charge in [-0.2, -0.15) is 0 Å². The molecule has 4 rings (SSSR count). The Morgan fingerprint density at radius 1 is 1.07 bits per heavy atom. The van der Waals surface area contributed by atoms with E-state index in [2.05, 4.69) is 14.9 Å². The molecule has 0 N–H and O–H groups in total. The van der Waals surface area contributed by atoms with Crippen LogP contribution >= 0.6 is 0 Å². The minimum atomic E-state index is 0.163. The highest BCUT2D eigenvalue weighted by Crippen LogP contribution is 2.35. The number of rotatable bonds is 4. The zero-order valence-electron chi connectivity index (χ0n) is 16.9. The fraction of sp³-hybridized carbons (Fsp3) is 0.571. The Bertz CT molecular complexity index is 864. The first-order valence-corrected chi connectivity index (χ1v) is 9.99. The third-order valence-corrected chi connectivity index (χ3v) is 6.06. The van der Waals surface area contributed by atoms with Crippen LogP contribution in [0.2, 0.25) is 0 Å². The van der Waals surface area contributed by atoms with E-state index in [0.29, 0.717) is 18.3 Å². The molecule has 28 heavy (non-hydrogen) atoms. The Morgan fingerprint density at radius 2 is 1.86 bits per heavy atom. The van der Waals surface area contributed by atoms with Gasteiger partial charge in [-0.25, -0.2) is 9.97 Å². The third kappa shape index (κ3) is 3.76. The summed E-state index contributed by atoms with van der Waals surface area (Å²) in [6, 6.07) is 4.39. The lowest BCUT2D eigenvalue weighted by molar-refractivity contribution is -0.135. The summed E-state index contributed by atoms with van der Waals surface area (Å²) in [6.07, 6.45) is 5.81. The van der Waals surface area contributed by atoms with Gasteiger partial charge in [0.25, 0.3) is 0 Å². The number of fused-ring (bicyclic) bond motifs is 1. The SMILES string of the molecule is COc1cc2ncnc(C)c2cc1OC1CCC(N2CCN(C)C(=O)C2)CC1. The molecule has 2 heterocycles. The van der Waals surface area contributed by atoms with Crippen molar-refractivity contribution in [3.8, 4) is 11.5 Å².